The molecule has 0 N–H and O–H groups in total. The molecule has 0 bridgehead atoms. The SMILES string of the molecule is CC(C)C1COC(CCP(c2ccccc2)c2ccccc2)=N1. The zero-order valence-corrected chi connectivity index (χ0v) is 14.7. The Morgan fingerprint density at radius 2 is 1.57 bits per heavy atom. The van der Waals surface area contributed by atoms with E-state index in [1.807, 2.05) is 0 Å². The van der Waals surface area contributed by atoms with E-state index in [1.54, 1.807) is 0 Å². The van der Waals surface area contributed by atoms with E-state index in [-0.39, 0.29) is 7.92 Å². The van der Waals surface area contributed by atoms with Gasteiger partial charge in [-0.2, -0.15) is 0 Å². The molecule has 0 saturated carbocycles. The van der Waals surface area contributed by atoms with E-state index in [4.69, 9.17) is 9.73 Å². The summed E-state index contributed by atoms with van der Waals surface area (Å²) in [5.74, 6) is 1.50. The second kappa shape index (κ2) is 7.75. The molecule has 2 nitrogen and oxygen atoms in total. The van der Waals surface area contributed by atoms with Crippen LogP contribution in [0.5, 0.6) is 0 Å². The summed E-state index contributed by atoms with van der Waals surface area (Å²) in [6.07, 6.45) is 2.02. The smallest absolute Gasteiger partial charge is 0.184 e. The highest BCUT2D eigenvalue weighted by molar-refractivity contribution is 7.73. The third kappa shape index (κ3) is 4.20. The van der Waals surface area contributed by atoms with Crippen LogP contribution in [0, 0.1) is 5.92 Å². The van der Waals surface area contributed by atoms with Gasteiger partial charge < -0.3 is 4.74 Å². The van der Waals surface area contributed by atoms with E-state index in [2.05, 4.69) is 74.5 Å². The van der Waals surface area contributed by atoms with Crippen molar-refractivity contribution >= 4 is 24.4 Å². The fraction of sp³-hybridized carbons (Fsp3) is 0.350. The highest BCUT2D eigenvalue weighted by Crippen LogP contribution is 2.34. The Bertz CT molecular complexity index is 600. The second-order valence-corrected chi connectivity index (χ2v) is 8.55. The fourth-order valence-electron chi connectivity index (χ4n) is 2.75. The van der Waals surface area contributed by atoms with Gasteiger partial charge in [0, 0.05) is 6.42 Å². The van der Waals surface area contributed by atoms with Crippen molar-refractivity contribution in [3.63, 3.8) is 0 Å². The maximum absolute atomic E-state index is 5.81. The summed E-state index contributed by atoms with van der Waals surface area (Å²) in [5.41, 5.74) is 0. The average molecular weight is 325 g/mol. The summed E-state index contributed by atoms with van der Waals surface area (Å²) >= 11 is 0. The van der Waals surface area contributed by atoms with E-state index >= 15 is 0 Å². The van der Waals surface area contributed by atoms with Gasteiger partial charge in [0.2, 0.25) is 0 Å². The first-order valence-corrected chi connectivity index (χ1v) is 9.84. The molecule has 0 radical (unpaired) electrons. The molecule has 1 heterocycles. The lowest BCUT2D eigenvalue weighted by Gasteiger charge is -2.18. The molecule has 3 heteroatoms. The summed E-state index contributed by atoms with van der Waals surface area (Å²) in [4.78, 5) is 4.75. The number of ether oxygens (including phenoxy) is 1. The lowest BCUT2D eigenvalue weighted by Crippen LogP contribution is -2.15. The first-order chi connectivity index (χ1) is 11.2. The first-order valence-electron chi connectivity index (χ1n) is 8.31. The largest absolute Gasteiger partial charge is 0.479 e. The van der Waals surface area contributed by atoms with Gasteiger partial charge in [-0.1, -0.05) is 74.5 Å². The van der Waals surface area contributed by atoms with E-state index in [0.717, 1.165) is 25.1 Å². The molecule has 1 atom stereocenters. The summed E-state index contributed by atoms with van der Waals surface area (Å²) in [5, 5.41) is 2.85. The molecule has 1 aliphatic rings. The van der Waals surface area contributed by atoms with Gasteiger partial charge in [-0.3, -0.25) is 0 Å². The normalized spacial score (nSPS) is 17.4. The van der Waals surface area contributed by atoms with Crippen molar-refractivity contribution in [2.45, 2.75) is 26.3 Å². The molecule has 1 unspecified atom stereocenters. The number of hydrogen-bond acceptors (Lipinski definition) is 2. The Hall–Kier alpha value is -1.66. The molecular weight excluding hydrogens is 301 g/mol. The van der Waals surface area contributed by atoms with Crippen molar-refractivity contribution in [3.8, 4) is 0 Å². The van der Waals surface area contributed by atoms with Crippen LogP contribution < -0.4 is 10.6 Å². The molecule has 0 aromatic heterocycles. The molecule has 2 aromatic carbocycles. The highest BCUT2D eigenvalue weighted by atomic mass is 31.1. The van der Waals surface area contributed by atoms with Crippen LogP contribution in [-0.4, -0.2) is 24.7 Å². The minimum Gasteiger partial charge on any atom is -0.479 e. The molecule has 3 rings (SSSR count). The molecule has 0 amide bonds. The number of hydrogen-bond donors (Lipinski definition) is 0. The number of rotatable bonds is 6. The van der Waals surface area contributed by atoms with Crippen LogP contribution in [-0.2, 0) is 4.74 Å². The van der Waals surface area contributed by atoms with Gasteiger partial charge in [-0.25, -0.2) is 4.99 Å². The van der Waals surface area contributed by atoms with Crippen molar-refractivity contribution in [2.75, 3.05) is 12.8 Å². The molecule has 0 saturated heterocycles. The zero-order chi connectivity index (χ0) is 16.1. The van der Waals surface area contributed by atoms with Gasteiger partial charge >= 0.3 is 0 Å². The first kappa shape index (κ1) is 16.2. The van der Waals surface area contributed by atoms with Crippen molar-refractivity contribution in [1.82, 2.24) is 0 Å². The van der Waals surface area contributed by atoms with E-state index in [1.165, 1.54) is 10.6 Å². The van der Waals surface area contributed by atoms with Crippen LogP contribution in [0.2, 0.25) is 0 Å². The van der Waals surface area contributed by atoms with Crippen molar-refractivity contribution in [1.29, 1.82) is 0 Å². The van der Waals surface area contributed by atoms with Crippen LogP contribution in [0.1, 0.15) is 20.3 Å². The Kier molecular flexibility index (Phi) is 5.46. The maximum Gasteiger partial charge on any atom is 0.184 e. The van der Waals surface area contributed by atoms with Gasteiger partial charge in [0.25, 0.3) is 0 Å². The average Bonchev–Trinajstić information content (AvgIpc) is 3.06. The van der Waals surface area contributed by atoms with Crippen LogP contribution in [0.3, 0.4) is 0 Å². The third-order valence-corrected chi connectivity index (χ3v) is 6.70. The Morgan fingerprint density at radius 1 is 1.00 bits per heavy atom. The van der Waals surface area contributed by atoms with Crippen molar-refractivity contribution in [3.05, 3.63) is 60.7 Å². The molecule has 1 aliphatic heterocycles. The lowest BCUT2D eigenvalue weighted by atomic mass is 10.1. The van der Waals surface area contributed by atoms with Gasteiger partial charge in [0.1, 0.15) is 6.61 Å². The van der Waals surface area contributed by atoms with E-state index in [9.17, 15) is 0 Å². The van der Waals surface area contributed by atoms with Gasteiger partial charge in [-0.05, 0) is 30.6 Å². The minimum atomic E-state index is -0.357. The Labute approximate surface area is 140 Å². The summed E-state index contributed by atoms with van der Waals surface area (Å²) in [6.45, 7) is 5.17. The summed E-state index contributed by atoms with van der Waals surface area (Å²) in [7, 11) is -0.357. The highest BCUT2D eigenvalue weighted by Gasteiger charge is 2.23. The van der Waals surface area contributed by atoms with Crippen molar-refractivity contribution < 1.29 is 4.74 Å². The monoisotopic (exact) mass is 325 g/mol. The second-order valence-electron chi connectivity index (χ2n) is 6.22. The van der Waals surface area contributed by atoms with Crippen LogP contribution >= 0.6 is 7.92 Å². The number of benzene rings is 2. The van der Waals surface area contributed by atoms with Gasteiger partial charge in [-0.15, -0.1) is 0 Å². The van der Waals surface area contributed by atoms with Crippen LogP contribution in [0.15, 0.2) is 65.7 Å². The van der Waals surface area contributed by atoms with Crippen LogP contribution in [0.4, 0.5) is 0 Å². The van der Waals surface area contributed by atoms with Gasteiger partial charge in [0.05, 0.1) is 6.04 Å². The topological polar surface area (TPSA) is 21.6 Å². The minimum absolute atomic E-state index is 0.338. The van der Waals surface area contributed by atoms with E-state index in [0.29, 0.717) is 12.0 Å². The zero-order valence-electron chi connectivity index (χ0n) is 13.9. The molecule has 2 aromatic rings. The van der Waals surface area contributed by atoms with E-state index < -0.39 is 0 Å². The molecule has 120 valence electrons. The van der Waals surface area contributed by atoms with Crippen molar-refractivity contribution in [2.24, 2.45) is 10.9 Å². The molecular formula is C20H24NOP. The standard InChI is InChI=1S/C20H24NOP/c1-16(2)19-15-22-20(21-19)13-14-23(17-9-5-3-6-10-17)18-11-7-4-8-12-18/h3-12,16,19H,13-15H2,1-2H3. The fourth-order valence-corrected chi connectivity index (χ4v) is 5.04. The lowest BCUT2D eigenvalue weighted by molar-refractivity contribution is 0.287. The summed E-state index contributed by atoms with van der Waals surface area (Å²) < 4.78 is 5.81. The Morgan fingerprint density at radius 3 is 2.04 bits per heavy atom. The molecule has 0 aliphatic carbocycles. The maximum atomic E-state index is 5.81. The number of aliphatic imine (C=N–C) groups is 1. The summed E-state index contributed by atoms with van der Waals surface area (Å²) in [6, 6.07) is 22.0. The predicted octanol–water partition coefficient (Wildman–Crippen LogP) is 3.96. The quantitative estimate of drug-likeness (QED) is 0.737. The molecule has 0 spiro atoms. The predicted molar refractivity (Wildman–Crippen MR) is 101 cm³/mol. The third-order valence-electron chi connectivity index (χ3n) is 4.19. The van der Waals surface area contributed by atoms with Gasteiger partial charge in [0.15, 0.2) is 5.90 Å². The van der Waals surface area contributed by atoms with Crippen LogP contribution in [0.25, 0.3) is 0 Å². The molecule has 23 heavy (non-hydrogen) atoms. The molecule has 0 fully saturated rings. The number of nitrogens with zero attached hydrogens (tertiary/aromatic N) is 1. The Balaban J connectivity index is 1.74.